The van der Waals surface area contributed by atoms with Crippen molar-refractivity contribution in [2.45, 2.75) is 25.9 Å². The van der Waals surface area contributed by atoms with Gasteiger partial charge in [-0.2, -0.15) is 0 Å². The monoisotopic (exact) mass is 268 g/mol. The van der Waals surface area contributed by atoms with Gasteiger partial charge in [0.15, 0.2) is 11.6 Å². The van der Waals surface area contributed by atoms with E-state index in [1.54, 1.807) is 13.3 Å². The number of Topliss-reactive ketones (excluding diaryl/α,β-unsaturated/α-hetero) is 1. The Labute approximate surface area is 117 Å². The first-order valence-corrected chi connectivity index (χ1v) is 6.76. The topological polar surface area (TPSA) is 52.1 Å². The molecule has 0 fully saturated rings. The van der Waals surface area contributed by atoms with Crippen LogP contribution in [-0.4, -0.2) is 22.9 Å². The van der Waals surface area contributed by atoms with Gasteiger partial charge in [0.05, 0.1) is 17.9 Å². The fourth-order valence-corrected chi connectivity index (χ4v) is 2.54. The van der Waals surface area contributed by atoms with Gasteiger partial charge in [-0.15, -0.1) is 0 Å². The second-order valence-corrected chi connectivity index (χ2v) is 4.92. The predicted molar refractivity (Wildman–Crippen MR) is 75.4 cm³/mol. The third-order valence-electron chi connectivity index (χ3n) is 3.54. The molecule has 0 saturated heterocycles. The van der Waals surface area contributed by atoms with Crippen molar-refractivity contribution >= 4 is 5.78 Å². The van der Waals surface area contributed by atoms with Crippen molar-refractivity contribution in [3.8, 4) is 11.4 Å². The van der Waals surface area contributed by atoms with E-state index in [0.29, 0.717) is 24.4 Å². The second kappa shape index (κ2) is 5.51. The molecule has 1 aromatic carbocycles. The first kappa shape index (κ1) is 12.9. The number of aryl methyl sites for hydroxylation is 1. The van der Waals surface area contributed by atoms with Crippen molar-refractivity contribution in [3.63, 3.8) is 0 Å². The number of ether oxygens (including phenoxy) is 1. The van der Waals surface area contributed by atoms with Crippen molar-refractivity contribution in [1.29, 1.82) is 0 Å². The lowest BCUT2D eigenvalue weighted by atomic mass is 9.96. The van der Waals surface area contributed by atoms with Crippen LogP contribution in [0.15, 0.2) is 30.5 Å². The maximum atomic E-state index is 11.8. The minimum atomic E-state index is 0.156. The lowest BCUT2D eigenvalue weighted by Crippen LogP contribution is -2.14. The highest BCUT2D eigenvalue weighted by atomic mass is 16.5. The number of hydrogen-bond acceptors (Lipinski definition) is 4. The SMILES string of the molecule is COCc1ccccc1-c1ncc2c(n1)CCCC2=O. The Hall–Kier alpha value is -2.07. The van der Waals surface area contributed by atoms with Crippen molar-refractivity contribution in [2.75, 3.05) is 7.11 Å². The molecule has 0 radical (unpaired) electrons. The van der Waals surface area contributed by atoms with Gasteiger partial charge in [-0.3, -0.25) is 4.79 Å². The third-order valence-corrected chi connectivity index (χ3v) is 3.54. The highest BCUT2D eigenvalue weighted by Crippen LogP contribution is 2.24. The maximum absolute atomic E-state index is 11.8. The number of rotatable bonds is 3. The fraction of sp³-hybridized carbons (Fsp3) is 0.312. The van der Waals surface area contributed by atoms with Crippen molar-refractivity contribution < 1.29 is 9.53 Å². The molecule has 0 bridgehead atoms. The van der Waals surface area contributed by atoms with Crippen LogP contribution in [0.2, 0.25) is 0 Å². The van der Waals surface area contributed by atoms with Crippen molar-refractivity contribution in [1.82, 2.24) is 9.97 Å². The molecule has 1 aliphatic rings. The van der Waals surface area contributed by atoms with Crippen molar-refractivity contribution in [3.05, 3.63) is 47.3 Å². The molecule has 102 valence electrons. The summed E-state index contributed by atoms with van der Waals surface area (Å²) in [4.78, 5) is 20.8. The molecule has 0 saturated carbocycles. The zero-order valence-corrected chi connectivity index (χ0v) is 11.4. The Kier molecular flexibility index (Phi) is 3.56. The predicted octanol–water partition coefficient (Wildman–Crippen LogP) is 2.81. The largest absolute Gasteiger partial charge is 0.380 e. The van der Waals surface area contributed by atoms with Crippen LogP contribution in [0.5, 0.6) is 0 Å². The van der Waals surface area contributed by atoms with Gasteiger partial charge in [0.25, 0.3) is 0 Å². The van der Waals surface area contributed by atoms with Gasteiger partial charge >= 0.3 is 0 Å². The minimum absolute atomic E-state index is 0.156. The maximum Gasteiger partial charge on any atom is 0.166 e. The minimum Gasteiger partial charge on any atom is -0.380 e. The van der Waals surface area contributed by atoms with Gasteiger partial charge in [-0.1, -0.05) is 24.3 Å². The Balaban J connectivity index is 2.05. The van der Waals surface area contributed by atoms with Crippen LogP contribution in [0.4, 0.5) is 0 Å². The van der Waals surface area contributed by atoms with E-state index in [1.807, 2.05) is 24.3 Å². The highest BCUT2D eigenvalue weighted by molar-refractivity contribution is 5.97. The summed E-state index contributed by atoms with van der Waals surface area (Å²) in [5.74, 6) is 0.828. The van der Waals surface area contributed by atoms with Crippen molar-refractivity contribution in [2.24, 2.45) is 0 Å². The summed E-state index contributed by atoms with van der Waals surface area (Å²) in [6.45, 7) is 0.523. The zero-order chi connectivity index (χ0) is 13.9. The molecule has 20 heavy (non-hydrogen) atoms. The molecule has 0 unspecified atom stereocenters. The van der Waals surface area contributed by atoms with Crippen LogP contribution in [0.3, 0.4) is 0 Å². The first-order chi connectivity index (χ1) is 9.79. The van der Waals surface area contributed by atoms with E-state index < -0.39 is 0 Å². The first-order valence-electron chi connectivity index (χ1n) is 6.76. The molecule has 4 nitrogen and oxygen atoms in total. The number of fused-ring (bicyclic) bond motifs is 1. The Morgan fingerprint density at radius 1 is 1.20 bits per heavy atom. The molecular formula is C16H16N2O2. The molecule has 0 spiro atoms. The average molecular weight is 268 g/mol. The van der Waals surface area contributed by atoms with Gasteiger partial charge in [0.1, 0.15) is 0 Å². The summed E-state index contributed by atoms with van der Waals surface area (Å²) in [5.41, 5.74) is 3.58. The molecule has 0 atom stereocenters. The summed E-state index contributed by atoms with van der Waals surface area (Å²) in [6.07, 6.45) is 4.00. The smallest absolute Gasteiger partial charge is 0.166 e. The molecule has 0 aliphatic heterocycles. The van der Waals surface area contributed by atoms with E-state index in [1.165, 1.54) is 0 Å². The quantitative estimate of drug-likeness (QED) is 0.859. The van der Waals surface area contributed by atoms with Crippen LogP contribution in [0.25, 0.3) is 11.4 Å². The van der Waals surface area contributed by atoms with E-state index in [0.717, 1.165) is 29.7 Å². The normalized spacial score (nSPS) is 14.2. The molecule has 2 aromatic rings. The van der Waals surface area contributed by atoms with Gasteiger partial charge in [-0.25, -0.2) is 9.97 Å². The second-order valence-electron chi connectivity index (χ2n) is 4.92. The Morgan fingerprint density at radius 2 is 2.05 bits per heavy atom. The molecule has 1 heterocycles. The molecule has 4 heteroatoms. The van der Waals surface area contributed by atoms with Gasteiger partial charge in [0.2, 0.25) is 0 Å². The number of methoxy groups -OCH3 is 1. The highest BCUT2D eigenvalue weighted by Gasteiger charge is 2.20. The van der Waals surface area contributed by atoms with Crippen LogP contribution in [-0.2, 0) is 17.8 Å². The Morgan fingerprint density at radius 3 is 2.90 bits per heavy atom. The Bertz CT molecular complexity index is 653. The molecular weight excluding hydrogens is 252 g/mol. The van der Waals surface area contributed by atoms with E-state index in [-0.39, 0.29) is 5.78 Å². The number of nitrogens with zero attached hydrogens (tertiary/aromatic N) is 2. The van der Waals surface area contributed by atoms with E-state index in [9.17, 15) is 4.79 Å². The molecule has 0 N–H and O–H groups in total. The third kappa shape index (κ3) is 2.34. The summed E-state index contributed by atoms with van der Waals surface area (Å²) >= 11 is 0. The lowest BCUT2D eigenvalue weighted by molar-refractivity contribution is 0.0971. The van der Waals surface area contributed by atoms with E-state index in [2.05, 4.69) is 9.97 Å². The number of carbonyl (C=O) groups excluding carboxylic acids is 1. The lowest BCUT2D eigenvalue weighted by Gasteiger charge is -2.15. The summed E-state index contributed by atoms with van der Waals surface area (Å²) < 4.78 is 5.21. The summed E-state index contributed by atoms with van der Waals surface area (Å²) in [5, 5.41) is 0. The van der Waals surface area contributed by atoms with Crippen LogP contribution in [0, 0.1) is 0 Å². The standard InChI is InChI=1S/C16H16N2O2/c1-20-10-11-5-2-3-6-12(11)16-17-9-13-14(18-16)7-4-8-15(13)19/h2-3,5-6,9H,4,7-8,10H2,1H3. The number of ketones is 1. The molecule has 3 rings (SSSR count). The number of hydrogen-bond donors (Lipinski definition) is 0. The van der Waals surface area contributed by atoms with Crippen LogP contribution in [0.1, 0.15) is 34.5 Å². The molecule has 0 amide bonds. The van der Waals surface area contributed by atoms with Crippen LogP contribution >= 0.6 is 0 Å². The van der Waals surface area contributed by atoms with E-state index >= 15 is 0 Å². The summed E-state index contributed by atoms with van der Waals surface area (Å²) in [6, 6.07) is 7.93. The molecule has 1 aliphatic carbocycles. The number of benzene rings is 1. The van der Waals surface area contributed by atoms with E-state index in [4.69, 9.17) is 4.74 Å². The van der Waals surface area contributed by atoms with Gasteiger partial charge in [-0.05, 0) is 18.4 Å². The number of aromatic nitrogens is 2. The fourth-order valence-electron chi connectivity index (χ4n) is 2.54. The number of carbonyl (C=O) groups is 1. The van der Waals surface area contributed by atoms with Gasteiger partial charge < -0.3 is 4.74 Å². The van der Waals surface area contributed by atoms with Crippen LogP contribution < -0.4 is 0 Å². The van der Waals surface area contributed by atoms with Gasteiger partial charge in [0, 0.05) is 25.3 Å². The molecule has 1 aromatic heterocycles. The average Bonchev–Trinajstić information content (AvgIpc) is 2.48. The zero-order valence-electron chi connectivity index (χ0n) is 11.4. The summed E-state index contributed by atoms with van der Waals surface area (Å²) in [7, 11) is 1.67.